The summed E-state index contributed by atoms with van der Waals surface area (Å²) in [7, 11) is 0. The maximum atomic E-state index is 2.61. The van der Waals surface area contributed by atoms with E-state index >= 15 is 0 Å². The van der Waals surface area contributed by atoms with Gasteiger partial charge in [0.15, 0.2) is 0 Å². The number of likely N-dealkylation sites (tertiary alicyclic amines) is 1. The fraction of sp³-hybridized carbons (Fsp3) is 1.00. The first-order valence-corrected chi connectivity index (χ1v) is 5.48. The van der Waals surface area contributed by atoms with Crippen molar-refractivity contribution in [3.05, 3.63) is 0 Å². The van der Waals surface area contributed by atoms with Gasteiger partial charge < -0.3 is 4.90 Å². The molecule has 1 saturated heterocycles. The highest BCUT2D eigenvalue weighted by molar-refractivity contribution is 4.75. The lowest BCUT2D eigenvalue weighted by Gasteiger charge is -2.35. The first-order valence-electron chi connectivity index (χ1n) is 5.48. The van der Waals surface area contributed by atoms with Crippen LogP contribution in [0.3, 0.4) is 0 Å². The number of nitrogens with zero attached hydrogens (tertiary/aromatic N) is 1. The summed E-state index contributed by atoms with van der Waals surface area (Å²) < 4.78 is 0. The third-order valence-electron chi connectivity index (χ3n) is 2.97. The highest BCUT2D eigenvalue weighted by Crippen LogP contribution is 2.24. The van der Waals surface area contributed by atoms with Gasteiger partial charge in [-0.3, -0.25) is 0 Å². The highest BCUT2D eigenvalue weighted by Gasteiger charge is 2.22. The van der Waals surface area contributed by atoms with Crippen molar-refractivity contribution in [1.82, 2.24) is 4.90 Å². The summed E-state index contributed by atoms with van der Waals surface area (Å²) in [6, 6.07) is 0. The molecule has 0 spiro atoms. The Morgan fingerprint density at radius 3 is 2.58 bits per heavy atom. The Hall–Kier alpha value is -0.0400. The Labute approximate surface area is 77.1 Å². The van der Waals surface area contributed by atoms with Gasteiger partial charge in [0.1, 0.15) is 0 Å². The van der Waals surface area contributed by atoms with Crippen LogP contribution in [0.15, 0.2) is 0 Å². The van der Waals surface area contributed by atoms with Gasteiger partial charge >= 0.3 is 0 Å². The SMILES string of the molecule is CCCC1CC(C)CN(CC)C1. The Bertz CT molecular complexity index is 122. The summed E-state index contributed by atoms with van der Waals surface area (Å²) in [5, 5.41) is 0. The van der Waals surface area contributed by atoms with E-state index in [2.05, 4.69) is 25.7 Å². The van der Waals surface area contributed by atoms with Gasteiger partial charge in [0.05, 0.1) is 0 Å². The molecule has 1 nitrogen and oxygen atoms in total. The normalized spacial score (nSPS) is 32.2. The zero-order valence-corrected chi connectivity index (χ0v) is 8.84. The molecule has 12 heavy (non-hydrogen) atoms. The average molecular weight is 169 g/mol. The fourth-order valence-corrected chi connectivity index (χ4v) is 2.47. The summed E-state index contributed by atoms with van der Waals surface area (Å²) >= 11 is 0. The van der Waals surface area contributed by atoms with Gasteiger partial charge in [-0.25, -0.2) is 0 Å². The zero-order valence-electron chi connectivity index (χ0n) is 8.84. The highest BCUT2D eigenvalue weighted by atomic mass is 15.1. The number of hydrogen-bond acceptors (Lipinski definition) is 1. The van der Waals surface area contributed by atoms with Gasteiger partial charge in [-0.05, 0) is 31.2 Å². The molecule has 0 aromatic heterocycles. The molecule has 2 unspecified atom stereocenters. The second-order valence-corrected chi connectivity index (χ2v) is 4.35. The van der Waals surface area contributed by atoms with Crippen LogP contribution in [0.25, 0.3) is 0 Å². The molecule has 0 aliphatic carbocycles. The molecule has 0 amide bonds. The smallest absolute Gasteiger partial charge is 0.000976 e. The summed E-state index contributed by atoms with van der Waals surface area (Å²) in [4.78, 5) is 2.61. The summed E-state index contributed by atoms with van der Waals surface area (Å²) in [6.45, 7) is 10.9. The Morgan fingerprint density at radius 2 is 2.00 bits per heavy atom. The first-order chi connectivity index (χ1) is 5.76. The van der Waals surface area contributed by atoms with Gasteiger partial charge in [0, 0.05) is 13.1 Å². The molecule has 0 aromatic rings. The van der Waals surface area contributed by atoms with Crippen molar-refractivity contribution >= 4 is 0 Å². The van der Waals surface area contributed by atoms with E-state index in [1.165, 1.54) is 38.9 Å². The predicted octanol–water partition coefficient (Wildman–Crippen LogP) is 2.76. The van der Waals surface area contributed by atoms with Gasteiger partial charge in [-0.1, -0.05) is 27.2 Å². The molecule has 0 aromatic carbocycles. The summed E-state index contributed by atoms with van der Waals surface area (Å²) in [6.07, 6.45) is 4.25. The molecule has 1 heteroatoms. The third kappa shape index (κ3) is 2.78. The zero-order chi connectivity index (χ0) is 8.97. The monoisotopic (exact) mass is 169 g/mol. The largest absolute Gasteiger partial charge is 0.303 e. The molecule has 1 aliphatic heterocycles. The number of rotatable bonds is 3. The Morgan fingerprint density at radius 1 is 1.25 bits per heavy atom. The van der Waals surface area contributed by atoms with Crippen molar-refractivity contribution in [2.45, 2.75) is 40.0 Å². The van der Waals surface area contributed by atoms with E-state index in [1.54, 1.807) is 0 Å². The Balaban J connectivity index is 2.34. The van der Waals surface area contributed by atoms with Crippen molar-refractivity contribution in [1.29, 1.82) is 0 Å². The van der Waals surface area contributed by atoms with E-state index < -0.39 is 0 Å². The van der Waals surface area contributed by atoms with E-state index in [-0.39, 0.29) is 0 Å². The van der Waals surface area contributed by atoms with Crippen molar-refractivity contribution in [2.75, 3.05) is 19.6 Å². The van der Waals surface area contributed by atoms with Crippen molar-refractivity contribution in [2.24, 2.45) is 11.8 Å². The molecule has 1 aliphatic rings. The quantitative estimate of drug-likeness (QED) is 0.628. The van der Waals surface area contributed by atoms with Gasteiger partial charge in [-0.15, -0.1) is 0 Å². The minimum absolute atomic E-state index is 0.926. The predicted molar refractivity (Wildman–Crippen MR) is 54.3 cm³/mol. The number of piperidine rings is 1. The van der Waals surface area contributed by atoms with E-state index in [4.69, 9.17) is 0 Å². The van der Waals surface area contributed by atoms with Crippen LogP contribution in [0.5, 0.6) is 0 Å². The second-order valence-electron chi connectivity index (χ2n) is 4.35. The van der Waals surface area contributed by atoms with Gasteiger partial charge in [0.25, 0.3) is 0 Å². The second kappa shape index (κ2) is 4.86. The molecular formula is C11H23N. The van der Waals surface area contributed by atoms with Crippen LogP contribution in [0, 0.1) is 11.8 Å². The molecule has 1 heterocycles. The van der Waals surface area contributed by atoms with Crippen LogP contribution in [-0.4, -0.2) is 24.5 Å². The molecular weight excluding hydrogens is 146 g/mol. The van der Waals surface area contributed by atoms with Gasteiger partial charge in [0.2, 0.25) is 0 Å². The van der Waals surface area contributed by atoms with Gasteiger partial charge in [-0.2, -0.15) is 0 Å². The molecule has 0 saturated carbocycles. The fourth-order valence-electron chi connectivity index (χ4n) is 2.47. The summed E-state index contributed by atoms with van der Waals surface area (Å²) in [5.41, 5.74) is 0. The molecule has 72 valence electrons. The minimum atomic E-state index is 0.926. The third-order valence-corrected chi connectivity index (χ3v) is 2.97. The minimum Gasteiger partial charge on any atom is -0.303 e. The standard InChI is InChI=1S/C11H23N/c1-4-6-11-7-10(3)8-12(5-2)9-11/h10-11H,4-9H2,1-3H3. The maximum absolute atomic E-state index is 2.61. The molecule has 1 fully saturated rings. The van der Waals surface area contributed by atoms with Crippen molar-refractivity contribution < 1.29 is 0 Å². The van der Waals surface area contributed by atoms with E-state index in [0.717, 1.165) is 11.8 Å². The van der Waals surface area contributed by atoms with Crippen LogP contribution in [0.4, 0.5) is 0 Å². The van der Waals surface area contributed by atoms with Crippen LogP contribution in [0.1, 0.15) is 40.0 Å². The van der Waals surface area contributed by atoms with Crippen molar-refractivity contribution in [3.63, 3.8) is 0 Å². The molecule has 0 N–H and O–H groups in total. The van der Waals surface area contributed by atoms with E-state index in [1.807, 2.05) is 0 Å². The van der Waals surface area contributed by atoms with E-state index in [0.29, 0.717) is 0 Å². The van der Waals surface area contributed by atoms with E-state index in [9.17, 15) is 0 Å². The van der Waals surface area contributed by atoms with Crippen LogP contribution in [-0.2, 0) is 0 Å². The molecule has 1 rings (SSSR count). The summed E-state index contributed by atoms with van der Waals surface area (Å²) in [5.74, 6) is 1.91. The van der Waals surface area contributed by atoms with Crippen LogP contribution >= 0.6 is 0 Å². The lowest BCUT2D eigenvalue weighted by atomic mass is 9.87. The molecule has 2 atom stereocenters. The van der Waals surface area contributed by atoms with Crippen LogP contribution in [0.2, 0.25) is 0 Å². The molecule has 0 radical (unpaired) electrons. The lowest BCUT2D eigenvalue weighted by molar-refractivity contribution is 0.133. The van der Waals surface area contributed by atoms with Crippen LogP contribution < -0.4 is 0 Å². The Kier molecular flexibility index (Phi) is 4.07. The van der Waals surface area contributed by atoms with Crippen molar-refractivity contribution in [3.8, 4) is 0 Å². The number of hydrogen-bond donors (Lipinski definition) is 0. The molecule has 0 bridgehead atoms. The first kappa shape index (κ1) is 10.0. The average Bonchev–Trinajstić information content (AvgIpc) is 2.04. The maximum Gasteiger partial charge on any atom is 0.000976 e. The topological polar surface area (TPSA) is 3.24 Å². The lowest BCUT2D eigenvalue weighted by Crippen LogP contribution is -2.39.